The van der Waals surface area contributed by atoms with Gasteiger partial charge in [0.1, 0.15) is 25.4 Å². The molecule has 0 spiro atoms. The summed E-state index contributed by atoms with van der Waals surface area (Å²) in [6, 6.07) is 0. The molecule has 0 rings (SSSR count). The normalized spacial score (nSPS) is 14.7. The Hall–Kier alpha value is -4.57. The van der Waals surface area contributed by atoms with Crippen molar-refractivity contribution in [2.45, 2.75) is 347 Å². The molecule has 16 nitrogen and oxygen atoms in total. The van der Waals surface area contributed by atoms with E-state index in [2.05, 4.69) is 167 Å². The van der Waals surface area contributed by atoms with Gasteiger partial charge in [-0.25, -0.2) is 9.13 Å². The Kier molecular flexibility index (Phi) is 75.6. The SMILES string of the molecule is CC/C=C\C/C=C\C/C=C\C/C=C\CCCCCCC(=O)OC(COC(=O)CCCCCCCCCCC/C=C\C/C=C\C/C=C\C/C=C\CCCCC)COP(=O)(O)OCC(O)COP(=O)(O)OCC(O)COC(=O)CCCCCCCCCCCCC/C=C\C/C=C\C/C=C\C/C=C\CCCCC. The van der Waals surface area contributed by atoms with Crippen molar-refractivity contribution < 1.29 is 75.8 Å². The number of aliphatic hydroxyl groups excluding tert-OH is 2. The van der Waals surface area contributed by atoms with Crippen LogP contribution in [0.5, 0.6) is 0 Å². The lowest BCUT2D eigenvalue weighted by atomic mass is 10.0. The first-order valence-corrected chi connectivity index (χ1v) is 44.1. The van der Waals surface area contributed by atoms with Gasteiger partial charge in [-0.2, -0.15) is 0 Å². The number of allylic oxidation sites excluding steroid dienone is 24. The molecule has 5 atom stereocenters. The van der Waals surface area contributed by atoms with Crippen LogP contribution in [0.1, 0.15) is 329 Å². The van der Waals surface area contributed by atoms with Crippen molar-refractivity contribution in [3.8, 4) is 0 Å². The zero-order valence-electron chi connectivity index (χ0n) is 65.9. The minimum Gasteiger partial charge on any atom is -0.463 e. The van der Waals surface area contributed by atoms with Crippen LogP contribution < -0.4 is 0 Å². The fourth-order valence-electron chi connectivity index (χ4n) is 10.8. The van der Waals surface area contributed by atoms with Gasteiger partial charge in [0, 0.05) is 19.3 Å². The van der Waals surface area contributed by atoms with Crippen molar-refractivity contribution in [1.29, 1.82) is 0 Å². The second-order valence-corrected chi connectivity index (χ2v) is 30.1. The minimum atomic E-state index is -4.95. The van der Waals surface area contributed by atoms with Crippen LogP contribution in [0.3, 0.4) is 0 Å². The third-order valence-corrected chi connectivity index (χ3v) is 18.9. The third-order valence-electron chi connectivity index (χ3n) is 17.0. The molecule has 0 bridgehead atoms. The van der Waals surface area contributed by atoms with E-state index < -0.39 is 91.5 Å². The zero-order chi connectivity index (χ0) is 76.6. The van der Waals surface area contributed by atoms with Crippen LogP contribution >= 0.6 is 15.6 Å². The zero-order valence-corrected chi connectivity index (χ0v) is 67.6. The summed E-state index contributed by atoms with van der Waals surface area (Å²) in [4.78, 5) is 58.8. The van der Waals surface area contributed by atoms with Crippen LogP contribution in [0.2, 0.25) is 0 Å². The Balaban J connectivity index is 4.62. The lowest BCUT2D eigenvalue weighted by Crippen LogP contribution is -2.30. The van der Waals surface area contributed by atoms with Gasteiger partial charge >= 0.3 is 33.6 Å². The average molecular weight is 1510 g/mol. The van der Waals surface area contributed by atoms with Crippen LogP contribution in [-0.4, -0.2) is 95.9 Å². The van der Waals surface area contributed by atoms with Gasteiger partial charge in [0.15, 0.2) is 6.10 Å². The molecule has 5 unspecified atom stereocenters. The number of carbonyl (C=O) groups is 3. The van der Waals surface area contributed by atoms with Gasteiger partial charge in [0.05, 0.1) is 26.4 Å². The number of ether oxygens (including phenoxy) is 3. The molecule has 0 aliphatic rings. The molecule has 0 amide bonds. The Labute approximate surface area is 638 Å². The number of hydrogen-bond donors (Lipinski definition) is 4. The van der Waals surface area contributed by atoms with Gasteiger partial charge in [-0.15, -0.1) is 0 Å². The summed E-state index contributed by atoms with van der Waals surface area (Å²) in [5.74, 6) is -1.61. The van der Waals surface area contributed by atoms with Crippen LogP contribution in [0, 0.1) is 0 Å². The highest BCUT2D eigenvalue weighted by molar-refractivity contribution is 7.47. The highest BCUT2D eigenvalue weighted by Crippen LogP contribution is 2.45. The van der Waals surface area contributed by atoms with Gasteiger partial charge < -0.3 is 34.2 Å². The molecule has 0 saturated carbocycles. The number of carbonyl (C=O) groups excluding carboxylic acids is 3. The van der Waals surface area contributed by atoms with E-state index in [-0.39, 0.29) is 19.3 Å². The summed E-state index contributed by atoms with van der Waals surface area (Å²) in [6.07, 6.45) is 97.4. The average Bonchev–Trinajstić information content (AvgIpc) is 0.913. The summed E-state index contributed by atoms with van der Waals surface area (Å²) >= 11 is 0. The molecule has 0 fully saturated rings. The molecule has 0 aromatic carbocycles. The Bertz CT molecular complexity index is 2490. The molecule has 0 saturated heterocycles. The molecule has 18 heteroatoms. The summed E-state index contributed by atoms with van der Waals surface area (Å²) in [6.45, 7) is 2.49. The Morgan fingerprint density at radius 2 is 0.505 bits per heavy atom. The standard InChI is InChI=1S/C87H148O16P2/c1-4-7-10-13-16-19-22-25-28-31-33-35-37-39-40-42-44-45-47-50-52-55-58-61-64-67-70-73-85(90)97-76-82(88)77-99-104(93,94)100-78-83(89)79-101-105(95,96)102-81-84(103-87(92)75-72-69-66-63-60-57-54-49-30-27-24-21-18-15-12-9-6-3)80-98-86(91)74-71-68-65-62-59-56-53-51-48-46-43-41-38-36-34-32-29-26-23-20-17-14-11-8-5-2/h9,12,16-21,25-30,33-36,39-41,43,54,57,82-84,88-89H,4-8,10-11,13-15,22-24,31-32,37-38,42,44-53,55-56,58-81H2,1-3H3,(H,93,94)(H,95,96)/b12-9-,19-16-,20-17-,21-18-,28-25-,29-26-,30-27-,35-33-,36-34-,40-39-,43-41-,57-54-. The number of hydrogen-bond acceptors (Lipinski definition) is 14. The predicted molar refractivity (Wildman–Crippen MR) is 436 cm³/mol. The van der Waals surface area contributed by atoms with E-state index in [1.807, 2.05) is 0 Å². The Morgan fingerprint density at radius 3 is 0.800 bits per heavy atom. The maximum atomic E-state index is 13.0. The van der Waals surface area contributed by atoms with E-state index in [1.54, 1.807) is 0 Å². The van der Waals surface area contributed by atoms with E-state index >= 15 is 0 Å². The monoisotopic (exact) mass is 1510 g/mol. The molecular formula is C87H148O16P2. The van der Waals surface area contributed by atoms with E-state index in [9.17, 15) is 43.5 Å². The van der Waals surface area contributed by atoms with Crippen LogP contribution in [0.25, 0.3) is 0 Å². The molecule has 602 valence electrons. The van der Waals surface area contributed by atoms with Gasteiger partial charge in [-0.05, 0) is 148 Å². The molecule has 0 aromatic heterocycles. The van der Waals surface area contributed by atoms with E-state index in [0.29, 0.717) is 19.3 Å². The number of rotatable bonds is 77. The second-order valence-electron chi connectivity index (χ2n) is 27.2. The smallest absolute Gasteiger partial charge is 0.463 e. The molecule has 0 aromatic rings. The molecule has 0 aliphatic carbocycles. The van der Waals surface area contributed by atoms with Crippen LogP contribution in [0.15, 0.2) is 146 Å². The fraction of sp³-hybridized carbons (Fsp3) is 0.690. The number of aliphatic hydroxyl groups is 2. The van der Waals surface area contributed by atoms with Crippen LogP contribution in [-0.2, 0) is 55.8 Å². The van der Waals surface area contributed by atoms with Gasteiger partial charge in [0.25, 0.3) is 0 Å². The Morgan fingerprint density at radius 1 is 0.276 bits per heavy atom. The predicted octanol–water partition coefficient (Wildman–Crippen LogP) is 24.4. The van der Waals surface area contributed by atoms with Gasteiger partial charge in [-0.1, -0.05) is 308 Å². The fourth-order valence-corrected chi connectivity index (χ4v) is 12.4. The summed E-state index contributed by atoms with van der Waals surface area (Å²) in [5, 5.41) is 20.7. The van der Waals surface area contributed by atoms with Crippen molar-refractivity contribution in [2.24, 2.45) is 0 Å². The number of unbranched alkanes of at least 4 members (excludes halogenated alkanes) is 30. The highest BCUT2D eigenvalue weighted by Gasteiger charge is 2.29. The topological polar surface area (TPSA) is 231 Å². The lowest BCUT2D eigenvalue weighted by molar-refractivity contribution is -0.161. The first kappa shape index (κ1) is 100. The first-order chi connectivity index (χ1) is 51.2. The number of esters is 3. The molecule has 0 aliphatic heterocycles. The number of phosphoric ester groups is 2. The van der Waals surface area contributed by atoms with Crippen molar-refractivity contribution in [3.63, 3.8) is 0 Å². The van der Waals surface area contributed by atoms with Crippen molar-refractivity contribution in [3.05, 3.63) is 146 Å². The summed E-state index contributed by atoms with van der Waals surface area (Å²) in [5.41, 5.74) is 0. The number of phosphoric acid groups is 2. The third kappa shape index (κ3) is 80.3. The molecule has 4 N–H and O–H groups in total. The van der Waals surface area contributed by atoms with Gasteiger partial charge in [0.2, 0.25) is 0 Å². The van der Waals surface area contributed by atoms with Crippen LogP contribution in [0.4, 0.5) is 0 Å². The lowest BCUT2D eigenvalue weighted by Gasteiger charge is -2.21. The maximum Gasteiger partial charge on any atom is 0.472 e. The minimum absolute atomic E-state index is 0.0712. The van der Waals surface area contributed by atoms with E-state index in [1.165, 1.54) is 122 Å². The van der Waals surface area contributed by atoms with Crippen molar-refractivity contribution in [1.82, 2.24) is 0 Å². The molecule has 0 heterocycles. The maximum absolute atomic E-state index is 13.0. The molecule has 0 radical (unpaired) electrons. The van der Waals surface area contributed by atoms with Gasteiger partial charge in [-0.3, -0.25) is 32.5 Å². The summed E-state index contributed by atoms with van der Waals surface area (Å²) < 4.78 is 61.2. The van der Waals surface area contributed by atoms with Crippen molar-refractivity contribution >= 4 is 33.6 Å². The second kappa shape index (κ2) is 79.0. The van der Waals surface area contributed by atoms with E-state index in [4.69, 9.17) is 32.3 Å². The quantitative estimate of drug-likeness (QED) is 0.0146. The summed E-state index contributed by atoms with van der Waals surface area (Å²) in [7, 11) is -9.81. The largest absolute Gasteiger partial charge is 0.472 e. The molecule has 105 heavy (non-hydrogen) atoms. The van der Waals surface area contributed by atoms with Crippen molar-refractivity contribution in [2.75, 3.05) is 39.6 Å². The van der Waals surface area contributed by atoms with E-state index in [0.717, 1.165) is 148 Å². The first-order valence-electron chi connectivity index (χ1n) is 41.1. The highest BCUT2D eigenvalue weighted by atomic mass is 31.2. The molecular weight excluding hydrogens is 1360 g/mol.